The maximum Gasteiger partial charge on any atom is 0.0502 e. The van der Waals surface area contributed by atoms with Gasteiger partial charge < -0.3 is 0 Å². The number of allylic oxidation sites excluding steroid dienone is 2. The molecule has 0 amide bonds. The zero-order chi connectivity index (χ0) is 14.1. The van der Waals surface area contributed by atoms with Crippen molar-refractivity contribution in [3.05, 3.63) is 51.2 Å². The smallest absolute Gasteiger partial charge is 0.0502 e. The first-order valence-corrected chi connectivity index (χ1v) is 10.6. The molecule has 0 N–H and O–H groups in total. The van der Waals surface area contributed by atoms with E-state index in [-0.39, 0.29) is 0 Å². The predicted octanol–water partition coefficient (Wildman–Crippen LogP) is 6.41. The van der Waals surface area contributed by atoms with Crippen LogP contribution in [0.1, 0.15) is 21.6 Å². The Bertz CT molecular complexity index is 945. The molecule has 0 radical (unpaired) electrons. The van der Waals surface area contributed by atoms with Gasteiger partial charge in [0.2, 0.25) is 0 Å². The Hall–Kier alpha value is -0.810. The second-order valence-electron chi connectivity index (χ2n) is 5.37. The normalized spacial score (nSPS) is 15.7. The monoisotopic (exact) mass is 344 g/mol. The molecule has 3 heterocycles. The first-order chi connectivity index (χ1) is 10.3. The Morgan fingerprint density at radius 2 is 1.86 bits per heavy atom. The molecule has 104 valence electrons. The highest BCUT2D eigenvalue weighted by molar-refractivity contribution is 8.08. The summed E-state index contributed by atoms with van der Waals surface area (Å²) in [5, 5.41) is 2.23. The summed E-state index contributed by atoms with van der Waals surface area (Å²) in [4.78, 5) is 6.03. The minimum atomic E-state index is 1.08. The number of hydrogen-bond acceptors (Lipinski definition) is 4. The van der Waals surface area contributed by atoms with E-state index >= 15 is 0 Å². The molecule has 2 aliphatic rings. The van der Waals surface area contributed by atoms with E-state index in [4.69, 9.17) is 0 Å². The third-order valence-corrected chi connectivity index (χ3v) is 9.20. The van der Waals surface area contributed by atoms with E-state index < -0.39 is 0 Å². The van der Waals surface area contributed by atoms with Crippen LogP contribution >= 0.6 is 45.8 Å². The number of hydrogen-bond donors (Lipinski definition) is 0. The Balaban J connectivity index is 1.77. The van der Waals surface area contributed by atoms with Gasteiger partial charge in [0.25, 0.3) is 0 Å². The van der Waals surface area contributed by atoms with Crippen molar-refractivity contribution in [2.45, 2.75) is 12.8 Å². The Morgan fingerprint density at radius 1 is 1.10 bits per heavy atom. The molecule has 3 aromatic heterocycles. The lowest BCUT2D eigenvalue weighted by molar-refractivity contribution is 1.29. The number of rotatable bonds is 2. The fourth-order valence-electron chi connectivity index (χ4n) is 3.38. The van der Waals surface area contributed by atoms with E-state index in [1.54, 1.807) is 25.4 Å². The van der Waals surface area contributed by atoms with Gasteiger partial charge in [0.05, 0.1) is 14.3 Å². The lowest BCUT2D eigenvalue weighted by Crippen LogP contribution is -1.79. The van der Waals surface area contributed by atoms with Crippen LogP contribution in [0.3, 0.4) is 0 Å². The molecule has 0 saturated heterocycles. The van der Waals surface area contributed by atoms with E-state index in [2.05, 4.69) is 24.3 Å². The Labute approximate surface area is 139 Å². The standard InChI is InChI=1S/C17H12S4/c1-3-8-6-10-14(12(8)18-2)20-17-11-7-9-4-5-19-13(9)15(11)21-16(10)17/h3-5H,1,6-7H2,2H3. The summed E-state index contributed by atoms with van der Waals surface area (Å²) in [6.45, 7) is 3.99. The molecule has 21 heavy (non-hydrogen) atoms. The first kappa shape index (κ1) is 12.7. The van der Waals surface area contributed by atoms with Crippen LogP contribution in [0.5, 0.6) is 0 Å². The fraction of sp³-hybridized carbons (Fsp3) is 0.176. The summed E-state index contributed by atoms with van der Waals surface area (Å²) >= 11 is 7.81. The summed E-state index contributed by atoms with van der Waals surface area (Å²) in [6.07, 6.45) is 6.44. The van der Waals surface area contributed by atoms with Crippen LogP contribution in [0, 0.1) is 0 Å². The van der Waals surface area contributed by atoms with Gasteiger partial charge in [-0.25, -0.2) is 0 Å². The molecule has 0 saturated carbocycles. The summed E-state index contributed by atoms with van der Waals surface area (Å²) < 4.78 is 3.10. The van der Waals surface area contributed by atoms with Gasteiger partial charge in [-0.2, -0.15) is 0 Å². The van der Waals surface area contributed by atoms with Crippen molar-refractivity contribution in [3.8, 4) is 9.75 Å². The molecule has 2 aliphatic carbocycles. The predicted molar refractivity (Wildman–Crippen MR) is 100 cm³/mol. The van der Waals surface area contributed by atoms with Crippen LogP contribution < -0.4 is 0 Å². The van der Waals surface area contributed by atoms with Crippen molar-refractivity contribution < 1.29 is 0 Å². The van der Waals surface area contributed by atoms with Gasteiger partial charge in [-0.15, -0.1) is 45.8 Å². The summed E-state index contributed by atoms with van der Waals surface area (Å²) in [7, 11) is 0. The van der Waals surface area contributed by atoms with Gasteiger partial charge in [-0.3, -0.25) is 0 Å². The van der Waals surface area contributed by atoms with E-state index in [1.807, 2.05) is 51.8 Å². The molecule has 0 spiro atoms. The molecule has 0 nitrogen and oxygen atoms in total. The van der Waals surface area contributed by atoms with Crippen molar-refractivity contribution in [2.75, 3.05) is 6.26 Å². The maximum atomic E-state index is 3.99. The van der Waals surface area contributed by atoms with Gasteiger partial charge in [0.15, 0.2) is 0 Å². The topological polar surface area (TPSA) is 0 Å². The van der Waals surface area contributed by atoms with Crippen LogP contribution in [0.4, 0.5) is 0 Å². The van der Waals surface area contributed by atoms with Crippen molar-refractivity contribution in [2.24, 2.45) is 0 Å². The average Bonchev–Trinajstić information content (AvgIpc) is 3.20. The number of thioether (sulfide) groups is 1. The molecule has 3 aromatic rings. The number of fused-ring (bicyclic) bond motifs is 7. The molecule has 0 atom stereocenters. The first-order valence-electron chi connectivity index (χ1n) is 6.85. The Morgan fingerprint density at radius 3 is 2.62 bits per heavy atom. The highest BCUT2D eigenvalue weighted by Gasteiger charge is 2.31. The highest BCUT2D eigenvalue weighted by Crippen LogP contribution is 2.56. The van der Waals surface area contributed by atoms with E-state index in [1.165, 1.54) is 25.8 Å². The lowest BCUT2D eigenvalue weighted by Gasteiger charge is -1.98. The third-order valence-electron chi connectivity index (χ3n) is 4.35. The minimum absolute atomic E-state index is 1.08. The average molecular weight is 345 g/mol. The zero-order valence-electron chi connectivity index (χ0n) is 11.5. The van der Waals surface area contributed by atoms with Gasteiger partial charge in [-0.1, -0.05) is 12.7 Å². The summed E-state index contributed by atoms with van der Waals surface area (Å²) in [5.74, 6) is 0. The lowest BCUT2D eigenvalue weighted by atomic mass is 10.1. The van der Waals surface area contributed by atoms with Crippen LogP contribution in [0.15, 0.2) is 29.7 Å². The molecule has 0 unspecified atom stereocenters. The molecule has 0 bridgehead atoms. The van der Waals surface area contributed by atoms with Crippen molar-refractivity contribution in [3.63, 3.8) is 0 Å². The van der Waals surface area contributed by atoms with Crippen molar-refractivity contribution in [1.29, 1.82) is 0 Å². The second kappa shape index (κ2) is 4.35. The van der Waals surface area contributed by atoms with Crippen molar-refractivity contribution >= 4 is 60.1 Å². The van der Waals surface area contributed by atoms with Crippen LogP contribution in [0.2, 0.25) is 0 Å². The summed E-state index contributed by atoms with van der Waals surface area (Å²) in [5.41, 5.74) is 6.10. The molecular formula is C17H12S4. The van der Waals surface area contributed by atoms with Gasteiger partial charge in [-0.05, 0) is 40.0 Å². The van der Waals surface area contributed by atoms with Gasteiger partial charge in [0.1, 0.15) is 0 Å². The molecule has 4 heteroatoms. The van der Waals surface area contributed by atoms with E-state index in [0.717, 1.165) is 12.8 Å². The largest absolute Gasteiger partial charge is 0.143 e. The SMILES string of the molecule is C=CC1=C(SC)c2sc3c4c(sc3c2C1)-c1sccc1C4. The minimum Gasteiger partial charge on any atom is -0.143 e. The van der Waals surface area contributed by atoms with Crippen LogP contribution in [0.25, 0.3) is 24.1 Å². The van der Waals surface area contributed by atoms with Gasteiger partial charge >= 0.3 is 0 Å². The number of thiophene rings is 3. The van der Waals surface area contributed by atoms with E-state index in [0.29, 0.717) is 0 Å². The molecule has 0 aromatic carbocycles. The molecular weight excluding hydrogens is 332 g/mol. The van der Waals surface area contributed by atoms with Crippen LogP contribution in [-0.2, 0) is 12.8 Å². The Kier molecular flexibility index (Phi) is 2.63. The van der Waals surface area contributed by atoms with Gasteiger partial charge in [0, 0.05) is 27.5 Å². The maximum absolute atomic E-state index is 3.99. The molecule has 0 fully saturated rings. The quantitative estimate of drug-likeness (QED) is 0.405. The third kappa shape index (κ3) is 1.51. The van der Waals surface area contributed by atoms with Crippen LogP contribution in [-0.4, -0.2) is 6.26 Å². The molecule has 5 rings (SSSR count). The van der Waals surface area contributed by atoms with Crippen molar-refractivity contribution in [1.82, 2.24) is 0 Å². The highest BCUT2D eigenvalue weighted by atomic mass is 32.2. The zero-order valence-corrected chi connectivity index (χ0v) is 14.8. The molecule has 0 aliphatic heterocycles. The fourth-order valence-corrected chi connectivity index (χ4v) is 8.50. The van der Waals surface area contributed by atoms with E-state index in [9.17, 15) is 0 Å². The summed E-state index contributed by atoms with van der Waals surface area (Å²) in [6, 6.07) is 2.29. The second-order valence-corrected chi connectivity index (χ2v) is 9.14.